The Balaban J connectivity index is 2.40. The van der Waals surface area contributed by atoms with Crippen molar-refractivity contribution in [1.82, 2.24) is 15.5 Å². The van der Waals surface area contributed by atoms with Crippen molar-refractivity contribution in [2.24, 2.45) is 5.92 Å². The summed E-state index contributed by atoms with van der Waals surface area (Å²) in [6.45, 7) is 8.40. The van der Waals surface area contributed by atoms with Crippen LogP contribution in [0.5, 0.6) is 0 Å². The van der Waals surface area contributed by atoms with Gasteiger partial charge >= 0.3 is 0 Å². The van der Waals surface area contributed by atoms with Gasteiger partial charge in [-0.1, -0.05) is 20.8 Å². The van der Waals surface area contributed by atoms with Crippen molar-refractivity contribution in [2.75, 3.05) is 31.3 Å². The SMILES string of the molecule is CCCNCCNC(=O)C1CSCN1C(=O)C(C)CC. The predicted octanol–water partition coefficient (Wildman–Crippen LogP) is 1.05. The standard InChI is InChI=1S/C14H27N3O2S/c1-4-6-15-7-8-16-13(18)12-9-20-10-17(12)14(19)11(3)5-2/h11-12,15H,4-10H2,1-3H3,(H,16,18). The van der Waals surface area contributed by atoms with Crippen molar-refractivity contribution in [3.8, 4) is 0 Å². The van der Waals surface area contributed by atoms with E-state index in [2.05, 4.69) is 17.6 Å². The molecule has 0 radical (unpaired) electrons. The van der Waals surface area contributed by atoms with E-state index in [-0.39, 0.29) is 23.8 Å². The first-order chi connectivity index (χ1) is 9.61. The minimum atomic E-state index is -0.298. The molecule has 1 rings (SSSR count). The lowest BCUT2D eigenvalue weighted by atomic mass is 10.1. The van der Waals surface area contributed by atoms with Crippen molar-refractivity contribution < 1.29 is 9.59 Å². The Hall–Kier alpha value is -0.750. The number of rotatable bonds is 8. The number of nitrogens with zero attached hydrogens (tertiary/aromatic N) is 1. The van der Waals surface area contributed by atoms with Gasteiger partial charge in [-0.2, -0.15) is 0 Å². The lowest BCUT2D eigenvalue weighted by Crippen LogP contribution is -2.49. The summed E-state index contributed by atoms with van der Waals surface area (Å²) in [4.78, 5) is 26.1. The zero-order valence-corrected chi connectivity index (χ0v) is 13.6. The molecule has 0 spiro atoms. The van der Waals surface area contributed by atoms with Crippen LogP contribution in [0.25, 0.3) is 0 Å². The summed E-state index contributed by atoms with van der Waals surface area (Å²) in [6, 6.07) is -0.298. The van der Waals surface area contributed by atoms with Gasteiger partial charge in [0.1, 0.15) is 6.04 Å². The lowest BCUT2D eigenvalue weighted by Gasteiger charge is -2.25. The molecular weight excluding hydrogens is 274 g/mol. The topological polar surface area (TPSA) is 61.4 Å². The molecular formula is C14H27N3O2S. The summed E-state index contributed by atoms with van der Waals surface area (Å²) >= 11 is 1.65. The number of amides is 2. The maximum atomic E-state index is 12.2. The van der Waals surface area contributed by atoms with Crippen molar-refractivity contribution >= 4 is 23.6 Å². The molecule has 2 atom stereocenters. The van der Waals surface area contributed by atoms with E-state index in [0.717, 1.165) is 25.9 Å². The molecule has 1 saturated heterocycles. The zero-order chi connectivity index (χ0) is 15.0. The molecule has 20 heavy (non-hydrogen) atoms. The van der Waals surface area contributed by atoms with Gasteiger partial charge in [0.05, 0.1) is 5.88 Å². The minimum absolute atomic E-state index is 0.00443. The Bertz CT molecular complexity index is 326. The van der Waals surface area contributed by atoms with Crippen LogP contribution in [0.1, 0.15) is 33.6 Å². The summed E-state index contributed by atoms with van der Waals surface area (Å²) in [5, 5.41) is 6.16. The van der Waals surface area contributed by atoms with Gasteiger partial charge in [0.15, 0.2) is 0 Å². The molecule has 6 heteroatoms. The summed E-state index contributed by atoms with van der Waals surface area (Å²) < 4.78 is 0. The van der Waals surface area contributed by atoms with Crippen LogP contribution in [0.4, 0.5) is 0 Å². The van der Waals surface area contributed by atoms with Crippen LogP contribution in [0.3, 0.4) is 0 Å². The van der Waals surface area contributed by atoms with E-state index in [9.17, 15) is 9.59 Å². The van der Waals surface area contributed by atoms with Gasteiger partial charge in [0.2, 0.25) is 11.8 Å². The summed E-state index contributed by atoms with van der Waals surface area (Å²) in [5.41, 5.74) is 0. The fraction of sp³-hybridized carbons (Fsp3) is 0.857. The number of carbonyl (C=O) groups excluding carboxylic acids is 2. The number of hydrogen-bond donors (Lipinski definition) is 2. The molecule has 2 amide bonds. The molecule has 116 valence electrons. The van der Waals surface area contributed by atoms with Crippen LogP contribution in [0, 0.1) is 5.92 Å². The highest BCUT2D eigenvalue weighted by atomic mass is 32.2. The van der Waals surface area contributed by atoms with Crippen LogP contribution in [0.2, 0.25) is 0 Å². The molecule has 5 nitrogen and oxygen atoms in total. The van der Waals surface area contributed by atoms with Gasteiger partial charge in [0, 0.05) is 24.8 Å². The van der Waals surface area contributed by atoms with E-state index >= 15 is 0 Å². The largest absolute Gasteiger partial charge is 0.353 e. The van der Waals surface area contributed by atoms with Crippen molar-refractivity contribution in [1.29, 1.82) is 0 Å². The normalized spacial score (nSPS) is 19.9. The molecule has 0 aromatic heterocycles. The molecule has 0 aliphatic carbocycles. The number of nitrogens with one attached hydrogen (secondary N) is 2. The third-order valence-electron chi connectivity index (χ3n) is 3.53. The summed E-state index contributed by atoms with van der Waals surface area (Å²) in [7, 11) is 0. The van der Waals surface area contributed by atoms with Gasteiger partial charge in [-0.15, -0.1) is 11.8 Å². The number of thioether (sulfide) groups is 1. The highest BCUT2D eigenvalue weighted by molar-refractivity contribution is 7.99. The van der Waals surface area contributed by atoms with Gasteiger partial charge in [-0.25, -0.2) is 0 Å². The quantitative estimate of drug-likeness (QED) is 0.658. The van der Waals surface area contributed by atoms with Crippen molar-refractivity contribution in [3.05, 3.63) is 0 Å². The highest BCUT2D eigenvalue weighted by Gasteiger charge is 2.35. The molecule has 0 bridgehead atoms. The Labute approximate surface area is 126 Å². The monoisotopic (exact) mass is 301 g/mol. The van der Waals surface area contributed by atoms with Crippen LogP contribution in [-0.2, 0) is 9.59 Å². The minimum Gasteiger partial charge on any atom is -0.353 e. The first-order valence-electron chi connectivity index (χ1n) is 7.48. The van der Waals surface area contributed by atoms with E-state index in [4.69, 9.17) is 0 Å². The van der Waals surface area contributed by atoms with Gasteiger partial charge in [-0.3, -0.25) is 9.59 Å². The lowest BCUT2D eigenvalue weighted by molar-refractivity contribution is -0.140. The first-order valence-corrected chi connectivity index (χ1v) is 8.63. The average Bonchev–Trinajstić information content (AvgIpc) is 2.94. The Kier molecular flexibility index (Phi) is 7.99. The third kappa shape index (κ3) is 4.98. The molecule has 0 saturated carbocycles. The number of carbonyl (C=O) groups is 2. The second kappa shape index (κ2) is 9.23. The van der Waals surface area contributed by atoms with Crippen LogP contribution in [-0.4, -0.2) is 54.0 Å². The van der Waals surface area contributed by atoms with Crippen molar-refractivity contribution in [2.45, 2.75) is 39.7 Å². The predicted molar refractivity (Wildman–Crippen MR) is 83.6 cm³/mol. The highest BCUT2D eigenvalue weighted by Crippen LogP contribution is 2.23. The smallest absolute Gasteiger partial charge is 0.243 e. The molecule has 1 aliphatic rings. The van der Waals surface area contributed by atoms with Crippen LogP contribution in [0.15, 0.2) is 0 Å². The summed E-state index contributed by atoms with van der Waals surface area (Å²) in [5.74, 6) is 1.41. The van der Waals surface area contributed by atoms with E-state index in [1.165, 1.54) is 0 Å². The Morgan fingerprint density at radius 3 is 2.70 bits per heavy atom. The zero-order valence-electron chi connectivity index (χ0n) is 12.8. The van der Waals surface area contributed by atoms with E-state index in [1.54, 1.807) is 16.7 Å². The van der Waals surface area contributed by atoms with E-state index in [1.807, 2.05) is 13.8 Å². The summed E-state index contributed by atoms with van der Waals surface area (Å²) in [6.07, 6.45) is 1.90. The molecule has 1 fully saturated rings. The molecule has 2 N–H and O–H groups in total. The second-order valence-electron chi connectivity index (χ2n) is 5.17. The molecule has 1 heterocycles. The van der Waals surface area contributed by atoms with Crippen LogP contribution < -0.4 is 10.6 Å². The average molecular weight is 301 g/mol. The molecule has 2 unspecified atom stereocenters. The van der Waals surface area contributed by atoms with E-state index < -0.39 is 0 Å². The van der Waals surface area contributed by atoms with Crippen molar-refractivity contribution in [3.63, 3.8) is 0 Å². The molecule has 0 aromatic rings. The first kappa shape index (κ1) is 17.3. The maximum absolute atomic E-state index is 12.2. The maximum Gasteiger partial charge on any atom is 0.243 e. The van der Waals surface area contributed by atoms with Gasteiger partial charge in [-0.05, 0) is 19.4 Å². The molecule has 1 aliphatic heterocycles. The Morgan fingerprint density at radius 1 is 1.30 bits per heavy atom. The third-order valence-corrected chi connectivity index (χ3v) is 4.54. The second-order valence-corrected chi connectivity index (χ2v) is 6.17. The number of hydrogen-bond acceptors (Lipinski definition) is 4. The van der Waals surface area contributed by atoms with Gasteiger partial charge in [0.25, 0.3) is 0 Å². The van der Waals surface area contributed by atoms with E-state index in [0.29, 0.717) is 18.2 Å². The Morgan fingerprint density at radius 2 is 2.05 bits per heavy atom. The molecule has 0 aromatic carbocycles. The fourth-order valence-electron chi connectivity index (χ4n) is 2.03. The fourth-order valence-corrected chi connectivity index (χ4v) is 3.19. The van der Waals surface area contributed by atoms with Gasteiger partial charge < -0.3 is 15.5 Å². The van der Waals surface area contributed by atoms with Crippen LogP contribution >= 0.6 is 11.8 Å².